The van der Waals surface area contributed by atoms with E-state index in [2.05, 4.69) is 19.9 Å². The number of alkyl halides is 3. The van der Waals surface area contributed by atoms with Crippen LogP contribution in [-0.4, -0.2) is 65.0 Å². The van der Waals surface area contributed by atoms with Crippen LogP contribution in [-0.2, 0) is 4.79 Å². The average Bonchev–Trinajstić information content (AvgIpc) is 3.34. The third-order valence-corrected chi connectivity index (χ3v) is 6.04. The zero-order chi connectivity index (χ0) is 19.1. The van der Waals surface area contributed by atoms with Crippen molar-refractivity contribution in [3.63, 3.8) is 0 Å². The van der Waals surface area contributed by atoms with Crippen molar-refractivity contribution in [1.29, 1.82) is 0 Å². The lowest BCUT2D eigenvalue weighted by Crippen LogP contribution is -2.40. The number of aromatic amines is 1. The van der Waals surface area contributed by atoms with Crippen LogP contribution in [0.5, 0.6) is 0 Å². The molecular formula is C18H22F3N5O. The molecule has 1 aliphatic heterocycles. The first-order valence-corrected chi connectivity index (χ1v) is 9.13. The van der Waals surface area contributed by atoms with Crippen molar-refractivity contribution in [2.45, 2.75) is 25.3 Å². The molecule has 9 heteroatoms. The van der Waals surface area contributed by atoms with Crippen LogP contribution in [0.3, 0.4) is 0 Å². The second-order valence-corrected chi connectivity index (χ2v) is 7.53. The van der Waals surface area contributed by atoms with Crippen LogP contribution >= 0.6 is 0 Å². The number of halogens is 3. The fourth-order valence-electron chi connectivity index (χ4n) is 4.55. The van der Waals surface area contributed by atoms with Gasteiger partial charge in [-0.05, 0) is 30.7 Å². The highest BCUT2D eigenvalue weighted by molar-refractivity contribution is 5.87. The molecule has 0 aromatic carbocycles. The number of nitrogens with one attached hydrogen (secondary N) is 1. The Morgan fingerprint density at radius 2 is 2.04 bits per heavy atom. The maximum atomic E-state index is 12.8. The Kier molecular flexibility index (Phi) is 4.69. The molecule has 0 bridgehead atoms. The quantitative estimate of drug-likeness (QED) is 0.864. The molecule has 2 aliphatic rings. The summed E-state index contributed by atoms with van der Waals surface area (Å²) < 4.78 is 38.5. The minimum absolute atomic E-state index is 0.253. The van der Waals surface area contributed by atoms with Gasteiger partial charge in [0.1, 0.15) is 30.4 Å². The molecule has 0 radical (unpaired) electrons. The van der Waals surface area contributed by atoms with Crippen molar-refractivity contribution < 1.29 is 18.0 Å². The van der Waals surface area contributed by atoms with Gasteiger partial charge in [0, 0.05) is 32.4 Å². The fraction of sp³-hybridized carbons (Fsp3) is 0.611. The van der Waals surface area contributed by atoms with Gasteiger partial charge in [0.25, 0.3) is 6.43 Å². The number of hydrogen-bond acceptors (Lipinski definition) is 4. The monoisotopic (exact) mass is 381 g/mol. The van der Waals surface area contributed by atoms with Crippen molar-refractivity contribution >= 4 is 22.8 Å². The number of carbonyl (C=O) groups is 1. The summed E-state index contributed by atoms with van der Waals surface area (Å²) in [6, 6.07) is 2.20. The average molecular weight is 381 g/mol. The molecule has 1 N–H and O–H groups in total. The number of rotatable bonds is 5. The Labute approximate surface area is 154 Å². The molecule has 2 aromatic rings. The van der Waals surface area contributed by atoms with Gasteiger partial charge < -0.3 is 14.8 Å². The van der Waals surface area contributed by atoms with E-state index in [0.29, 0.717) is 13.1 Å². The second kappa shape index (κ2) is 7.01. The SMILES string of the molecule is CN(c1ncnc2[nH]ccc12)C1CC2CN(C(=O)C(CF)C(F)F)CC2C1. The molecule has 6 nitrogen and oxygen atoms in total. The van der Waals surface area contributed by atoms with Crippen LogP contribution < -0.4 is 4.90 Å². The Bertz CT molecular complexity index is 814. The smallest absolute Gasteiger partial charge is 0.252 e. The molecule has 3 atom stereocenters. The summed E-state index contributed by atoms with van der Waals surface area (Å²) in [6.45, 7) is -0.450. The molecule has 27 heavy (non-hydrogen) atoms. The van der Waals surface area contributed by atoms with Crippen LogP contribution in [0.15, 0.2) is 18.6 Å². The molecule has 3 unspecified atom stereocenters. The molecule has 1 saturated carbocycles. The second-order valence-electron chi connectivity index (χ2n) is 7.53. The van der Waals surface area contributed by atoms with E-state index >= 15 is 0 Å². The van der Waals surface area contributed by atoms with Gasteiger partial charge in [0.05, 0.1) is 5.39 Å². The molecular weight excluding hydrogens is 359 g/mol. The Balaban J connectivity index is 1.43. The van der Waals surface area contributed by atoms with Crippen LogP contribution in [0.25, 0.3) is 11.0 Å². The largest absolute Gasteiger partial charge is 0.356 e. The summed E-state index contributed by atoms with van der Waals surface area (Å²) in [7, 11) is 2.00. The van der Waals surface area contributed by atoms with Crippen LogP contribution in [0.1, 0.15) is 12.8 Å². The number of nitrogens with zero attached hydrogens (tertiary/aromatic N) is 4. The standard InChI is InChI=1S/C18H22F3N5O/c1-25(17-13-2-3-22-16(13)23-9-24-17)12-4-10-7-26(8-11(10)5-12)18(27)14(6-19)15(20)21/h2-3,9-12,14-15H,4-8H2,1H3,(H,22,23,24). The van der Waals surface area contributed by atoms with E-state index in [1.807, 2.05) is 19.3 Å². The maximum Gasteiger partial charge on any atom is 0.252 e. The molecule has 3 heterocycles. The maximum absolute atomic E-state index is 12.8. The predicted molar refractivity (Wildman–Crippen MR) is 94.3 cm³/mol. The first-order chi connectivity index (χ1) is 13.0. The number of carbonyl (C=O) groups excluding carboxylic acids is 1. The molecule has 1 amide bonds. The highest BCUT2D eigenvalue weighted by atomic mass is 19.3. The number of amides is 1. The van der Waals surface area contributed by atoms with E-state index in [1.54, 1.807) is 0 Å². The number of hydrogen-bond donors (Lipinski definition) is 1. The summed E-state index contributed by atoms with van der Waals surface area (Å²) in [6.07, 6.45) is 2.12. The summed E-state index contributed by atoms with van der Waals surface area (Å²) in [5, 5.41) is 0.955. The van der Waals surface area contributed by atoms with Crippen molar-refractivity contribution in [1.82, 2.24) is 19.9 Å². The summed E-state index contributed by atoms with van der Waals surface area (Å²) in [5.74, 6) is -1.22. The van der Waals surface area contributed by atoms with E-state index in [0.717, 1.165) is 29.7 Å². The third-order valence-electron chi connectivity index (χ3n) is 6.04. The highest BCUT2D eigenvalue weighted by Crippen LogP contribution is 2.42. The fourth-order valence-corrected chi connectivity index (χ4v) is 4.55. The van der Waals surface area contributed by atoms with Crippen LogP contribution in [0, 0.1) is 17.8 Å². The molecule has 1 aliphatic carbocycles. The lowest BCUT2D eigenvalue weighted by Gasteiger charge is -2.28. The van der Waals surface area contributed by atoms with Crippen molar-refractivity contribution in [3.05, 3.63) is 18.6 Å². The summed E-state index contributed by atoms with van der Waals surface area (Å²) in [4.78, 5) is 27.5. The van der Waals surface area contributed by atoms with Gasteiger partial charge in [-0.3, -0.25) is 9.18 Å². The summed E-state index contributed by atoms with van der Waals surface area (Å²) >= 11 is 0. The van der Waals surface area contributed by atoms with E-state index in [9.17, 15) is 18.0 Å². The van der Waals surface area contributed by atoms with E-state index in [-0.39, 0.29) is 17.9 Å². The van der Waals surface area contributed by atoms with Crippen molar-refractivity contribution in [2.24, 2.45) is 17.8 Å². The van der Waals surface area contributed by atoms with Crippen molar-refractivity contribution in [3.8, 4) is 0 Å². The van der Waals surface area contributed by atoms with E-state index < -0.39 is 24.9 Å². The number of H-pyrrole nitrogens is 1. The Morgan fingerprint density at radius 3 is 2.67 bits per heavy atom. The molecule has 2 aromatic heterocycles. The number of likely N-dealkylation sites (tertiary alicyclic amines) is 1. The lowest BCUT2D eigenvalue weighted by molar-refractivity contribution is -0.140. The van der Waals surface area contributed by atoms with E-state index in [4.69, 9.17) is 0 Å². The Morgan fingerprint density at radius 1 is 1.33 bits per heavy atom. The van der Waals surface area contributed by atoms with Crippen LogP contribution in [0.4, 0.5) is 19.0 Å². The lowest BCUT2D eigenvalue weighted by atomic mass is 10.0. The third kappa shape index (κ3) is 3.12. The number of fused-ring (bicyclic) bond motifs is 2. The Hall–Kier alpha value is -2.32. The van der Waals surface area contributed by atoms with Gasteiger partial charge in [0.2, 0.25) is 5.91 Å². The minimum atomic E-state index is -2.96. The first-order valence-electron chi connectivity index (χ1n) is 9.13. The van der Waals surface area contributed by atoms with Gasteiger partial charge in [-0.1, -0.05) is 0 Å². The van der Waals surface area contributed by atoms with Crippen LogP contribution in [0.2, 0.25) is 0 Å². The summed E-state index contributed by atoms with van der Waals surface area (Å²) in [5.41, 5.74) is 0.783. The van der Waals surface area contributed by atoms with Gasteiger partial charge >= 0.3 is 0 Å². The zero-order valence-electron chi connectivity index (χ0n) is 15.0. The van der Waals surface area contributed by atoms with Gasteiger partial charge in [-0.25, -0.2) is 18.7 Å². The normalized spacial score (nSPS) is 26.0. The molecule has 0 spiro atoms. The van der Waals surface area contributed by atoms with E-state index in [1.165, 1.54) is 11.2 Å². The molecule has 1 saturated heterocycles. The topological polar surface area (TPSA) is 65.1 Å². The van der Waals surface area contributed by atoms with Gasteiger partial charge in [0.15, 0.2) is 0 Å². The van der Waals surface area contributed by atoms with Crippen molar-refractivity contribution in [2.75, 3.05) is 31.7 Å². The minimum Gasteiger partial charge on any atom is -0.356 e. The zero-order valence-corrected chi connectivity index (χ0v) is 15.0. The first kappa shape index (κ1) is 18.1. The molecule has 2 fully saturated rings. The predicted octanol–water partition coefficient (Wildman–Crippen LogP) is 2.48. The number of aromatic nitrogens is 3. The molecule has 146 valence electrons. The molecule has 4 rings (SSSR count). The number of anilines is 1. The van der Waals surface area contributed by atoms with Gasteiger partial charge in [-0.2, -0.15) is 0 Å². The highest BCUT2D eigenvalue weighted by Gasteiger charge is 2.45. The van der Waals surface area contributed by atoms with Gasteiger partial charge in [-0.15, -0.1) is 0 Å².